The summed E-state index contributed by atoms with van der Waals surface area (Å²) in [7, 11) is 1.47. The number of ether oxygens (including phenoxy) is 3. The molecular weight excluding hydrogens is 450 g/mol. The standard InChI is InChI=1S/C26H31N3O6/c1-24(2,3)34-22(31)28-29(23(32)35-25(4,5)6)26(17-27,19-13-15-20(33-7)16-14-19)21(30)18-11-9-8-10-12-18/h8-16H,1-7H3,(H,28,31). The van der Waals surface area contributed by atoms with Gasteiger partial charge in [0.15, 0.2) is 0 Å². The molecule has 9 heteroatoms. The fraction of sp³-hybridized carbons (Fsp3) is 0.385. The minimum absolute atomic E-state index is 0.108. The van der Waals surface area contributed by atoms with Gasteiger partial charge in [-0.25, -0.2) is 15.0 Å². The first-order valence-electron chi connectivity index (χ1n) is 10.9. The molecule has 2 aromatic carbocycles. The molecule has 2 aromatic rings. The van der Waals surface area contributed by atoms with E-state index in [4.69, 9.17) is 14.2 Å². The van der Waals surface area contributed by atoms with Crippen LogP contribution in [0.15, 0.2) is 54.6 Å². The van der Waals surface area contributed by atoms with Gasteiger partial charge in [0.25, 0.3) is 0 Å². The Balaban J connectivity index is 2.77. The van der Waals surface area contributed by atoms with Crippen LogP contribution in [0.1, 0.15) is 57.5 Å². The summed E-state index contributed by atoms with van der Waals surface area (Å²) in [5, 5.41) is 11.1. The number of nitriles is 1. The largest absolute Gasteiger partial charge is 0.497 e. The molecule has 0 saturated carbocycles. The van der Waals surface area contributed by atoms with Crippen molar-refractivity contribution in [2.75, 3.05) is 7.11 Å². The number of nitrogens with one attached hydrogen (secondary N) is 1. The Morgan fingerprint density at radius 3 is 1.86 bits per heavy atom. The van der Waals surface area contributed by atoms with Gasteiger partial charge >= 0.3 is 12.2 Å². The lowest BCUT2D eigenvalue weighted by Crippen LogP contribution is -2.62. The first-order valence-corrected chi connectivity index (χ1v) is 10.9. The molecule has 0 saturated heterocycles. The number of nitrogens with zero attached hydrogens (tertiary/aromatic N) is 2. The minimum atomic E-state index is -2.34. The second-order valence-corrected chi connectivity index (χ2v) is 9.68. The molecule has 0 heterocycles. The SMILES string of the molecule is COc1ccc(C(C#N)(C(=O)c2ccccc2)N(NC(=O)OC(C)(C)C)C(=O)OC(C)(C)C)cc1. The number of amides is 2. The number of carbonyl (C=O) groups is 3. The summed E-state index contributed by atoms with van der Waals surface area (Å²) in [5.74, 6) is -0.288. The molecule has 0 radical (unpaired) electrons. The summed E-state index contributed by atoms with van der Waals surface area (Å²) >= 11 is 0. The van der Waals surface area contributed by atoms with Crippen molar-refractivity contribution in [1.29, 1.82) is 5.26 Å². The maximum Gasteiger partial charge on any atom is 0.431 e. The minimum Gasteiger partial charge on any atom is -0.497 e. The van der Waals surface area contributed by atoms with Gasteiger partial charge in [0.1, 0.15) is 23.0 Å². The monoisotopic (exact) mass is 481 g/mol. The number of hydrogen-bond acceptors (Lipinski definition) is 7. The van der Waals surface area contributed by atoms with E-state index in [2.05, 4.69) is 5.43 Å². The molecular formula is C26H31N3O6. The Hall–Kier alpha value is -4.06. The second kappa shape index (κ2) is 10.5. The molecule has 0 aliphatic heterocycles. The van der Waals surface area contributed by atoms with Gasteiger partial charge in [-0.3, -0.25) is 4.79 Å². The van der Waals surface area contributed by atoms with E-state index in [1.54, 1.807) is 71.9 Å². The summed E-state index contributed by atoms with van der Waals surface area (Å²) in [6, 6.07) is 16.0. The zero-order chi connectivity index (χ0) is 26.4. The van der Waals surface area contributed by atoms with Crippen molar-refractivity contribution in [2.45, 2.75) is 58.3 Å². The van der Waals surface area contributed by atoms with E-state index in [1.807, 2.05) is 6.07 Å². The van der Waals surface area contributed by atoms with Gasteiger partial charge in [-0.2, -0.15) is 10.3 Å². The highest BCUT2D eigenvalue weighted by Crippen LogP contribution is 2.34. The highest BCUT2D eigenvalue weighted by atomic mass is 16.6. The number of hydrazine groups is 1. The molecule has 1 unspecified atom stereocenters. The van der Waals surface area contributed by atoms with Gasteiger partial charge in [-0.1, -0.05) is 42.5 Å². The van der Waals surface area contributed by atoms with Crippen LogP contribution in [-0.2, 0) is 15.0 Å². The maximum absolute atomic E-state index is 13.9. The topological polar surface area (TPSA) is 118 Å². The van der Waals surface area contributed by atoms with Crippen LogP contribution in [0.25, 0.3) is 0 Å². The fourth-order valence-corrected chi connectivity index (χ4v) is 3.12. The Morgan fingerprint density at radius 1 is 0.857 bits per heavy atom. The Kier molecular flexibility index (Phi) is 8.13. The Bertz CT molecular complexity index is 1100. The maximum atomic E-state index is 13.9. The average Bonchev–Trinajstić information content (AvgIpc) is 2.77. The van der Waals surface area contributed by atoms with Gasteiger partial charge in [-0.15, -0.1) is 0 Å². The lowest BCUT2D eigenvalue weighted by atomic mass is 9.83. The predicted octanol–water partition coefficient (Wildman–Crippen LogP) is 4.97. The van der Waals surface area contributed by atoms with Gasteiger partial charge in [0.05, 0.1) is 7.11 Å². The van der Waals surface area contributed by atoms with Gasteiger partial charge in [0.2, 0.25) is 11.3 Å². The van der Waals surface area contributed by atoms with Crippen molar-refractivity contribution in [2.24, 2.45) is 0 Å². The second-order valence-electron chi connectivity index (χ2n) is 9.68. The summed E-state index contributed by atoms with van der Waals surface area (Å²) in [6.45, 7) is 9.78. The van der Waals surface area contributed by atoms with E-state index in [9.17, 15) is 19.6 Å². The van der Waals surface area contributed by atoms with Crippen LogP contribution in [0.5, 0.6) is 5.75 Å². The third-order valence-corrected chi connectivity index (χ3v) is 4.55. The van der Waals surface area contributed by atoms with Crippen LogP contribution in [0.4, 0.5) is 9.59 Å². The quantitative estimate of drug-likeness (QED) is 0.473. The summed E-state index contributed by atoms with van der Waals surface area (Å²) in [6.07, 6.45) is -2.16. The van der Waals surface area contributed by atoms with E-state index in [1.165, 1.54) is 31.4 Å². The predicted molar refractivity (Wildman–Crippen MR) is 129 cm³/mol. The number of Topliss-reactive ketones (excluding diaryl/α,β-unsaturated/α-hetero) is 1. The van der Waals surface area contributed by atoms with Crippen molar-refractivity contribution in [1.82, 2.24) is 10.4 Å². The zero-order valence-electron chi connectivity index (χ0n) is 21.0. The van der Waals surface area contributed by atoms with Crippen molar-refractivity contribution in [3.63, 3.8) is 0 Å². The van der Waals surface area contributed by atoms with E-state index in [0.717, 1.165) is 0 Å². The molecule has 9 nitrogen and oxygen atoms in total. The molecule has 2 rings (SSSR count). The smallest absolute Gasteiger partial charge is 0.431 e. The lowest BCUT2D eigenvalue weighted by molar-refractivity contribution is -0.0181. The Labute approximate surface area is 205 Å². The molecule has 0 bridgehead atoms. The van der Waals surface area contributed by atoms with Crippen molar-refractivity contribution in [3.8, 4) is 11.8 Å². The van der Waals surface area contributed by atoms with Gasteiger partial charge in [0, 0.05) is 11.1 Å². The number of carbonyl (C=O) groups excluding carboxylic acids is 3. The van der Waals surface area contributed by atoms with Crippen LogP contribution < -0.4 is 10.2 Å². The van der Waals surface area contributed by atoms with Crippen LogP contribution in [-0.4, -0.2) is 41.3 Å². The third-order valence-electron chi connectivity index (χ3n) is 4.55. The van der Waals surface area contributed by atoms with E-state index >= 15 is 0 Å². The first-order chi connectivity index (χ1) is 16.2. The van der Waals surface area contributed by atoms with Crippen molar-refractivity contribution < 1.29 is 28.6 Å². The average molecular weight is 482 g/mol. The molecule has 35 heavy (non-hydrogen) atoms. The highest BCUT2D eigenvalue weighted by molar-refractivity contribution is 6.07. The third kappa shape index (κ3) is 6.73. The van der Waals surface area contributed by atoms with Crippen LogP contribution in [0, 0.1) is 11.3 Å². The highest BCUT2D eigenvalue weighted by Gasteiger charge is 2.52. The number of benzene rings is 2. The molecule has 0 spiro atoms. The van der Waals surface area contributed by atoms with Crippen LogP contribution >= 0.6 is 0 Å². The summed E-state index contributed by atoms with van der Waals surface area (Å²) in [4.78, 5) is 40.1. The number of hydrogen-bond donors (Lipinski definition) is 1. The molecule has 1 atom stereocenters. The Morgan fingerprint density at radius 2 is 1.40 bits per heavy atom. The normalized spacial score (nSPS) is 13.0. The lowest BCUT2D eigenvalue weighted by Gasteiger charge is -2.38. The summed E-state index contributed by atoms with van der Waals surface area (Å²) < 4.78 is 16.0. The molecule has 186 valence electrons. The van der Waals surface area contributed by atoms with Crippen molar-refractivity contribution in [3.05, 3.63) is 65.7 Å². The molecule has 0 aliphatic rings. The van der Waals surface area contributed by atoms with Crippen LogP contribution in [0.2, 0.25) is 0 Å². The van der Waals surface area contributed by atoms with E-state index in [-0.39, 0.29) is 11.1 Å². The molecule has 0 aromatic heterocycles. The molecule has 2 amide bonds. The first kappa shape index (κ1) is 27.2. The van der Waals surface area contributed by atoms with Crippen LogP contribution in [0.3, 0.4) is 0 Å². The zero-order valence-corrected chi connectivity index (χ0v) is 21.0. The molecule has 1 N–H and O–H groups in total. The van der Waals surface area contributed by atoms with E-state index < -0.39 is 34.7 Å². The summed E-state index contributed by atoms with van der Waals surface area (Å²) in [5.41, 5.74) is -1.71. The fourth-order valence-electron chi connectivity index (χ4n) is 3.12. The molecule has 0 fully saturated rings. The number of ketones is 1. The van der Waals surface area contributed by atoms with E-state index in [0.29, 0.717) is 10.8 Å². The number of rotatable bonds is 5. The molecule has 0 aliphatic carbocycles. The number of methoxy groups -OCH3 is 1. The van der Waals surface area contributed by atoms with Gasteiger partial charge < -0.3 is 14.2 Å². The van der Waals surface area contributed by atoms with Gasteiger partial charge in [-0.05, 0) is 53.7 Å². The van der Waals surface area contributed by atoms with Crippen molar-refractivity contribution >= 4 is 18.0 Å².